The quantitative estimate of drug-likeness (QED) is 0.587. The summed E-state index contributed by atoms with van der Waals surface area (Å²) in [6, 6.07) is 8.24. The first kappa shape index (κ1) is 10.7. The zero-order valence-corrected chi connectivity index (χ0v) is 10.8. The summed E-state index contributed by atoms with van der Waals surface area (Å²) in [6.45, 7) is 0.382. The van der Waals surface area contributed by atoms with E-state index >= 15 is 0 Å². The number of hydrogen-bond acceptors (Lipinski definition) is 4. The number of hydrogen-bond donors (Lipinski definition) is 2. The van der Waals surface area contributed by atoms with Gasteiger partial charge in [0.15, 0.2) is 5.82 Å². The van der Waals surface area contributed by atoms with E-state index in [9.17, 15) is 0 Å². The van der Waals surface area contributed by atoms with Crippen LogP contribution in [0, 0.1) is 0 Å². The molecule has 0 unspecified atom stereocenters. The van der Waals surface area contributed by atoms with E-state index in [1.54, 1.807) is 11.3 Å². The van der Waals surface area contributed by atoms with Crippen molar-refractivity contribution in [2.45, 2.75) is 6.54 Å². The van der Waals surface area contributed by atoms with Gasteiger partial charge in [-0.25, -0.2) is 0 Å². The Kier molecular flexibility index (Phi) is 2.20. The van der Waals surface area contributed by atoms with Crippen molar-refractivity contribution in [2.24, 2.45) is 5.73 Å². The molecule has 3 aromatic heterocycles. The second-order valence-electron chi connectivity index (χ2n) is 4.31. The molecule has 94 valence electrons. The van der Waals surface area contributed by atoms with E-state index in [1.165, 1.54) is 5.39 Å². The molecule has 6 heteroatoms. The van der Waals surface area contributed by atoms with E-state index in [1.807, 2.05) is 22.7 Å². The predicted octanol–water partition coefficient (Wildman–Crippen LogP) is 2.40. The van der Waals surface area contributed by atoms with Crippen LogP contribution >= 0.6 is 11.3 Å². The normalized spacial score (nSPS) is 11.6. The smallest absolute Gasteiger partial charge is 0.216 e. The average molecular weight is 269 g/mol. The Balaban J connectivity index is 2.06. The molecule has 0 aliphatic rings. The maximum atomic E-state index is 5.73. The lowest BCUT2D eigenvalue weighted by atomic mass is 10.1. The molecule has 3 heterocycles. The summed E-state index contributed by atoms with van der Waals surface area (Å²) in [4.78, 5) is 4.17. The Morgan fingerprint density at radius 1 is 1.26 bits per heavy atom. The maximum absolute atomic E-state index is 5.73. The van der Waals surface area contributed by atoms with Crippen molar-refractivity contribution in [2.75, 3.05) is 0 Å². The SMILES string of the molecule is NCc1nnc2scc(-c3c[nH]c4ccccc34)n12. The lowest BCUT2D eigenvalue weighted by Gasteiger charge is -2.00. The fraction of sp³-hybridized carbons (Fsp3) is 0.0769. The third-order valence-corrected chi connectivity index (χ3v) is 4.08. The largest absolute Gasteiger partial charge is 0.360 e. The molecule has 0 atom stereocenters. The Labute approximate surface area is 112 Å². The van der Waals surface area contributed by atoms with Crippen LogP contribution in [-0.4, -0.2) is 19.6 Å². The van der Waals surface area contributed by atoms with Gasteiger partial charge in [0.25, 0.3) is 0 Å². The zero-order chi connectivity index (χ0) is 12.8. The molecule has 0 spiro atoms. The van der Waals surface area contributed by atoms with Crippen LogP contribution in [0.25, 0.3) is 27.1 Å². The van der Waals surface area contributed by atoms with Crippen molar-refractivity contribution in [1.82, 2.24) is 19.6 Å². The number of rotatable bonds is 2. The Morgan fingerprint density at radius 3 is 3.05 bits per heavy atom. The summed E-state index contributed by atoms with van der Waals surface area (Å²) >= 11 is 1.58. The average Bonchev–Trinajstić information content (AvgIpc) is 3.12. The van der Waals surface area contributed by atoms with E-state index in [0.29, 0.717) is 6.54 Å². The summed E-state index contributed by atoms with van der Waals surface area (Å²) in [6.07, 6.45) is 2.02. The highest BCUT2D eigenvalue weighted by molar-refractivity contribution is 7.15. The van der Waals surface area contributed by atoms with Gasteiger partial charge in [-0.1, -0.05) is 18.2 Å². The molecular weight excluding hydrogens is 258 g/mol. The van der Waals surface area contributed by atoms with Gasteiger partial charge in [0.05, 0.1) is 12.2 Å². The van der Waals surface area contributed by atoms with Gasteiger partial charge in [-0.2, -0.15) is 0 Å². The topological polar surface area (TPSA) is 72.0 Å². The maximum Gasteiger partial charge on any atom is 0.216 e. The third-order valence-electron chi connectivity index (χ3n) is 3.27. The van der Waals surface area contributed by atoms with Crippen LogP contribution < -0.4 is 5.73 Å². The summed E-state index contributed by atoms with van der Waals surface area (Å²) in [5.41, 5.74) is 9.09. The highest BCUT2D eigenvalue weighted by Crippen LogP contribution is 2.31. The molecule has 0 bridgehead atoms. The van der Waals surface area contributed by atoms with Gasteiger partial charge in [0.1, 0.15) is 0 Å². The minimum absolute atomic E-state index is 0.382. The first-order chi connectivity index (χ1) is 9.38. The van der Waals surface area contributed by atoms with E-state index in [4.69, 9.17) is 5.73 Å². The number of nitrogens with zero attached hydrogens (tertiary/aromatic N) is 3. The number of aromatic amines is 1. The third kappa shape index (κ3) is 1.44. The summed E-state index contributed by atoms with van der Waals surface area (Å²) in [5.74, 6) is 0.788. The molecule has 5 nitrogen and oxygen atoms in total. The molecule has 0 saturated carbocycles. The Morgan fingerprint density at radius 2 is 2.16 bits per heavy atom. The van der Waals surface area contributed by atoms with Crippen molar-refractivity contribution >= 4 is 27.2 Å². The number of thiazole rings is 1. The molecular formula is C13H11N5S. The second kappa shape index (κ2) is 3.91. The molecule has 0 saturated heterocycles. The summed E-state index contributed by atoms with van der Waals surface area (Å²) in [7, 11) is 0. The fourth-order valence-electron chi connectivity index (χ4n) is 2.38. The Hall–Kier alpha value is -2.18. The van der Waals surface area contributed by atoms with Crippen LogP contribution in [0.15, 0.2) is 35.8 Å². The molecule has 19 heavy (non-hydrogen) atoms. The highest BCUT2D eigenvalue weighted by Gasteiger charge is 2.14. The molecule has 3 N–H and O–H groups in total. The number of nitrogens with two attached hydrogens (primary N) is 1. The van der Waals surface area contributed by atoms with Crippen LogP contribution in [0.4, 0.5) is 0 Å². The van der Waals surface area contributed by atoms with Crippen molar-refractivity contribution in [3.63, 3.8) is 0 Å². The molecule has 4 aromatic rings. The van der Waals surface area contributed by atoms with Crippen LogP contribution in [0.5, 0.6) is 0 Å². The van der Waals surface area contributed by atoms with Crippen molar-refractivity contribution in [3.05, 3.63) is 41.7 Å². The van der Waals surface area contributed by atoms with Gasteiger partial charge in [-0.15, -0.1) is 21.5 Å². The number of aromatic nitrogens is 4. The lowest BCUT2D eigenvalue weighted by molar-refractivity contribution is 0.887. The minimum Gasteiger partial charge on any atom is -0.360 e. The molecule has 0 radical (unpaired) electrons. The number of nitrogens with one attached hydrogen (secondary N) is 1. The lowest BCUT2D eigenvalue weighted by Crippen LogP contribution is -2.02. The molecule has 0 aliphatic heterocycles. The second-order valence-corrected chi connectivity index (χ2v) is 5.14. The van der Waals surface area contributed by atoms with E-state index in [2.05, 4.69) is 32.7 Å². The van der Waals surface area contributed by atoms with Crippen LogP contribution in [0.2, 0.25) is 0 Å². The standard InChI is InChI=1S/C13H11N5S/c14-5-12-16-17-13-18(12)11(7-19-13)9-6-15-10-4-2-1-3-8(9)10/h1-4,6-7,15H,5,14H2. The van der Waals surface area contributed by atoms with Crippen LogP contribution in [0.3, 0.4) is 0 Å². The Bertz CT molecular complexity index is 869. The monoisotopic (exact) mass is 269 g/mol. The molecule has 0 fully saturated rings. The summed E-state index contributed by atoms with van der Waals surface area (Å²) < 4.78 is 2.03. The molecule has 4 rings (SSSR count). The molecule has 0 aliphatic carbocycles. The fourth-order valence-corrected chi connectivity index (χ4v) is 3.23. The molecule has 1 aromatic carbocycles. The van der Waals surface area contributed by atoms with E-state index in [0.717, 1.165) is 27.6 Å². The first-order valence-electron chi connectivity index (χ1n) is 5.96. The van der Waals surface area contributed by atoms with Gasteiger partial charge >= 0.3 is 0 Å². The number of para-hydroxylation sites is 1. The van der Waals surface area contributed by atoms with Crippen LogP contribution in [-0.2, 0) is 6.54 Å². The minimum atomic E-state index is 0.382. The van der Waals surface area contributed by atoms with Gasteiger partial charge in [-0.3, -0.25) is 4.40 Å². The predicted molar refractivity (Wildman–Crippen MR) is 76.0 cm³/mol. The van der Waals surface area contributed by atoms with Gasteiger partial charge < -0.3 is 10.7 Å². The number of fused-ring (bicyclic) bond motifs is 2. The van der Waals surface area contributed by atoms with Crippen molar-refractivity contribution in [3.8, 4) is 11.3 Å². The summed E-state index contributed by atoms with van der Waals surface area (Å²) in [5, 5.41) is 11.5. The zero-order valence-electron chi connectivity index (χ0n) is 10.00. The van der Waals surface area contributed by atoms with Gasteiger partial charge in [0.2, 0.25) is 4.96 Å². The molecule has 0 amide bonds. The first-order valence-corrected chi connectivity index (χ1v) is 6.84. The van der Waals surface area contributed by atoms with Crippen molar-refractivity contribution in [1.29, 1.82) is 0 Å². The van der Waals surface area contributed by atoms with Gasteiger partial charge in [0, 0.05) is 28.0 Å². The van der Waals surface area contributed by atoms with Crippen LogP contribution in [0.1, 0.15) is 5.82 Å². The van der Waals surface area contributed by atoms with E-state index in [-0.39, 0.29) is 0 Å². The van der Waals surface area contributed by atoms with E-state index < -0.39 is 0 Å². The number of H-pyrrole nitrogens is 1. The number of benzene rings is 1. The highest BCUT2D eigenvalue weighted by atomic mass is 32.1. The van der Waals surface area contributed by atoms with Gasteiger partial charge in [-0.05, 0) is 6.07 Å². The van der Waals surface area contributed by atoms with Crippen molar-refractivity contribution < 1.29 is 0 Å².